The van der Waals surface area contributed by atoms with Gasteiger partial charge in [0.15, 0.2) is 0 Å². The fourth-order valence-corrected chi connectivity index (χ4v) is 3.25. The van der Waals surface area contributed by atoms with Gasteiger partial charge < -0.3 is 15.5 Å². The van der Waals surface area contributed by atoms with Gasteiger partial charge in [0.25, 0.3) is 0 Å². The lowest BCUT2D eigenvalue weighted by Gasteiger charge is -2.31. The number of anilines is 1. The lowest BCUT2D eigenvalue weighted by Crippen LogP contribution is -2.42. The molecule has 1 aromatic heterocycles. The number of likely N-dealkylation sites (tertiary alicyclic amines) is 1. The molecule has 0 bridgehead atoms. The van der Waals surface area contributed by atoms with Crippen LogP contribution in [0, 0.1) is 0 Å². The summed E-state index contributed by atoms with van der Waals surface area (Å²) in [5.74, 6) is -0.00379. The van der Waals surface area contributed by atoms with Crippen LogP contribution in [-0.4, -0.2) is 36.5 Å². The number of hydrogen-bond donors (Lipinski definition) is 2. The highest BCUT2D eigenvalue weighted by Gasteiger charge is 2.18. The molecule has 0 radical (unpaired) electrons. The molecule has 5 heteroatoms. The highest BCUT2D eigenvalue weighted by Crippen LogP contribution is 2.22. The number of thiophene rings is 1. The molecular weight excluding hydrogens is 258 g/mol. The van der Waals surface area contributed by atoms with Gasteiger partial charge in [-0.05, 0) is 43.9 Å². The maximum absolute atomic E-state index is 11.1. The van der Waals surface area contributed by atoms with Crippen LogP contribution in [0.2, 0.25) is 0 Å². The monoisotopic (exact) mass is 281 g/mol. The van der Waals surface area contributed by atoms with E-state index in [1.54, 1.807) is 18.3 Å². The van der Waals surface area contributed by atoms with Gasteiger partial charge in [-0.2, -0.15) is 0 Å². The molecule has 0 aliphatic carbocycles. The maximum Gasteiger partial charge on any atom is 0.221 e. The molecule has 0 saturated carbocycles. The number of carbonyl (C=O) groups excluding carboxylic acids is 1. The van der Waals surface area contributed by atoms with Crippen molar-refractivity contribution in [3.8, 4) is 0 Å². The fraction of sp³-hybridized carbons (Fsp3) is 0.643. The van der Waals surface area contributed by atoms with Gasteiger partial charge in [0.1, 0.15) is 0 Å². The van der Waals surface area contributed by atoms with Gasteiger partial charge in [0.05, 0.1) is 5.69 Å². The maximum atomic E-state index is 11.1. The average Bonchev–Trinajstić information content (AvgIpc) is 2.83. The highest BCUT2D eigenvalue weighted by atomic mass is 32.1. The van der Waals surface area contributed by atoms with Crippen molar-refractivity contribution in [1.29, 1.82) is 0 Å². The number of hydrogen-bond acceptors (Lipinski definition) is 4. The quantitative estimate of drug-likeness (QED) is 0.870. The topological polar surface area (TPSA) is 44.4 Å². The molecule has 1 aliphatic heterocycles. The third-order valence-corrected chi connectivity index (χ3v) is 4.56. The van der Waals surface area contributed by atoms with E-state index in [-0.39, 0.29) is 5.91 Å². The molecule has 106 valence electrons. The Balaban J connectivity index is 1.79. The van der Waals surface area contributed by atoms with Crippen molar-refractivity contribution in [3.05, 3.63) is 16.3 Å². The summed E-state index contributed by atoms with van der Waals surface area (Å²) in [5, 5.41) is 8.53. The van der Waals surface area contributed by atoms with E-state index >= 15 is 0 Å². The van der Waals surface area contributed by atoms with E-state index in [1.807, 2.05) is 11.4 Å². The molecule has 4 nitrogen and oxygen atoms in total. The Morgan fingerprint density at radius 2 is 2.21 bits per heavy atom. The molecule has 1 amide bonds. The Bertz CT molecular complexity index is 411. The van der Waals surface area contributed by atoms with Crippen LogP contribution in [0.15, 0.2) is 11.4 Å². The molecule has 0 spiro atoms. The zero-order valence-corrected chi connectivity index (χ0v) is 12.6. The van der Waals surface area contributed by atoms with Crippen LogP contribution in [0.5, 0.6) is 0 Å². The molecule has 1 aliphatic rings. The number of carbonyl (C=O) groups is 1. The predicted octanol–water partition coefficient (Wildman–Crippen LogP) is 2.28. The van der Waals surface area contributed by atoms with Crippen molar-refractivity contribution >= 4 is 22.9 Å². The van der Waals surface area contributed by atoms with Gasteiger partial charge in [0.2, 0.25) is 5.91 Å². The molecule has 0 unspecified atom stereocenters. The highest BCUT2D eigenvalue weighted by molar-refractivity contribution is 7.10. The Labute approximate surface area is 119 Å². The summed E-state index contributed by atoms with van der Waals surface area (Å²) >= 11 is 1.70. The molecule has 2 rings (SSSR count). The number of nitrogens with zero attached hydrogens (tertiary/aromatic N) is 1. The summed E-state index contributed by atoms with van der Waals surface area (Å²) in [6.07, 6.45) is 2.43. The summed E-state index contributed by atoms with van der Waals surface area (Å²) < 4.78 is 0. The van der Waals surface area contributed by atoms with Gasteiger partial charge in [-0.25, -0.2) is 0 Å². The minimum absolute atomic E-state index is 0.00379. The summed E-state index contributed by atoms with van der Waals surface area (Å²) in [6.45, 7) is 8.16. The van der Waals surface area contributed by atoms with Crippen LogP contribution in [0.4, 0.5) is 5.69 Å². The fourth-order valence-electron chi connectivity index (χ4n) is 2.47. The summed E-state index contributed by atoms with van der Waals surface area (Å²) in [6, 6.07) is 2.58. The third kappa shape index (κ3) is 4.30. The summed E-state index contributed by atoms with van der Waals surface area (Å²) in [4.78, 5) is 14.8. The first-order chi connectivity index (χ1) is 9.19. The number of piperidine rings is 1. The number of rotatable bonds is 5. The smallest absolute Gasteiger partial charge is 0.221 e. The first kappa shape index (κ1) is 14.5. The molecule has 1 saturated heterocycles. The van der Waals surface area contributed by atoms with Crippen LogP contribution >= 0.6 is 11.3 Å². The molecule has 0 atom stereocenters. The first-order valence-corrected chi connectivity index (χ1v) is 7.86. The lowest BCUT2D eigenvalue weighted by molar-refractivity contribution is -0.114. The van der Waals surface area contributed by atoms with Crippen LogP contribution in [0.3, 0.4) is 0 Å². The second-order valence-corrected chi connectivity index (χ2v) is 6.03. The zero-order chi connectivity index (χ0) is 13.7. The Kier molecular flexibility index (Phi) is 5.36. The Hall–Kier alpha value is -0.910. The van der Waals surface area contributed by atoms with Gasteiger partial charge in [-0.3, -0.25) is 4.79 Å². The van der Waals surface area contributed by atoms with E-state index in [2.05, 4.69) is 22.5 Å². The summed E-state index contributed by atoms with van der Waals surface area (Å²) in [5.41, 5.74) is 0.955. The molecule has 1 fully saturated rings. The first-order valence-electron chi connectivity index (χ1n) is 6.98. The van der Waals surface area contributed by atoms with E-state index < -0.39 is 0 Å². The standard InChI is InChI=1S/C14H23N3OS/c1-3-17-7-4-12(5-8-17)15-10-14-13(6-9-19-14)16-11(2)18/h6,9,12,15H,3-5,7-8,10H2,1-2H3,(H,16,18). The predicted molar refractivity (Wildman–Crippen MR) is 80.6 cm³/mol. The number of amides is 1. The minimum Gasteiger partial charge on any atom is -0.325 e. The lowest BCUT2D eigenvalue weighted by atomic mass is 10.1. The third-order valence-electron chi connectivity index (χ3n) is 3.64. The van der Waals surface area contributed by atoms with E-state index in [4.69, 9.17) is 0 Å². The zero-order valence-electron chi connectivity index (χ0n) is 11.7. The second-order valence-electron chi connectivity index (χ2n) is 5.03. The van der Waals surface area contributed by atoms with E-state index in [0.717, 1.165) is 18.8 Å². The van der Waals surface area contributed by atoms with Crippen LogP contribution in [-0.2, 0) is 11.3 Å². The van der Waals surface area contributed by atoms with E-state index in [1.165, 1.54) is 30.8 Å². The van der Waals surface area contributed by atoms with Crippen molar-refractivity contribution in [3.63, 3.8) is 0 Å². The minimum atomic E-state index is -0.00379. The number of nitrogens with one attached hydrogen (secondary N) is 2. The van der Waals surface area contributed by atoms with Crippen LogP contribution in [0.25, 0.3) is 0 Å². The Morgan fingerprint density at radius 3 is 2.84 bits per heavy atom. The molecule has 2 N–H and O–H groups in total. The van der Waals surface area contributed by atoms with Gasteiger partial charge in [0, 0.05) is 24.4 Å². The van der Waals surface area contributed by atoms with Crippen molar-refractivity contribution < 1.29 is 4.79 Å². The van der Waals surface area contributed by atoms with Gasteiger partial charge in [-0.15, -0.1) is 11.3 Å². The molecule has 19 heavy (non-hydrogen) atoms. The molecule has 2 heterocycles. The normalized spacial score (nSPS) is 17.6. The van der Waals surface area contributed by atoms with Crippen molar-refractivity contribution in [2.24, 2.45) is 0 Å². The van der Waals surface area contributed by atoms with Crippen LogP contribution < -0.4 is 10.6 Å². The van der Waals surface area contributed by atoms with Gasteiger partial charge in [-0.1, -0.05) is 6.92 Å². The molecular formula is C14H23N3OS. The Morgan fingerprint density at radius 1 is 1.47 bits per heavy atom. The van der Waals surface area contributed by atoms with Crippen molar-refractivity contribution in [2.45, 2.75) is 39.3 Å². The molecule has 0 aromatic carbocycles. The van der Waals surface area contributed by atoms with Crippen molar-refractivity contribution in [2.75, 3.05) is 25.0 Å². The van der Waals surface area contributed by atoms with E-state index in [0.29, 0.717) is 6.04 Å². The second kappa shape index (κ2) is 7.03. The SMILES string of the molecule is CCN1CCC(NCc2sccc2NC(C)=O)CC1. The average molecular weight is 281 g/mol. The van der Waals surface area contributed by atoms with Crippen molar-refractivity contribution in [1.82, 2.24) is 10.2 Å². The molecule has 1 aromatic rings. The summed E-state index contributed by atoms with van der Waals surface area (Å²) in [7, 11) is 0. The van der Waals surface area contributed by atoms with Crippen LogP contribution in [0.1, 0.15) is 31.6 Å². The van der Waals surface area contributed by atoms with Gasteiger partial charge >= 0.3 is 0 Å². The van der Waals surface area contributed by atoms with E-state index in [9.17, 15) is 4.79 Å². The largest absolute Gasteiger partial charge is 0.325 e.